The molecule has 0 spiro atoms. The predicted molar refractivity (Wildman–Crippen MR) is 65.0 cm³/mol. The van der Waals surface area contributed by atoms with Gasteiger partial charge in [-0.2, -0.15) is 0 Å². The molecule has 1 aromatic rings. The first kappa shape index (κ1) is 12.5. The third-order valence-corrected chi connectivity index (χ3v) is 5.57. The number of carbonyl (C=O) groups is 1. The summed E-state index contributed by atoms with van der Waals surface area (Å²) in [6.45, 7) is 1.89. The molecule has 0 saturated carbocycles. The second-order valence-electron chi connectivity index (χ2n) is 4.15. The van der Waals surface area contributed by atoms with E-state index >= 15 is 0 Å². The van der Waals surface area contributed by atoms with Gasteiger partial charge >= 0.3 is 5.97 Å². The zero-order valence-corrected chi connectivity index (χ0v) is 10.8. The topological polar surface area (TPSA) is 83.5 Å². The number of carboxylic acid groups (broad SMARTS) is 1. The molecule has 7 heteroatoms. The van der Waals surface area contributed by atoms with Crippen LogP contribution in [0.5, 0.6) is 0 Å². The molecule has 94 valence electrons. The minimum Gasteiger partial charge on any atom is -0.480 e. The van der Waals surface area contributed by atoms with Crippen molar-refractivity contribution in [2.75, 3.05) is 11.5 Å². The Hall–Kier alpha value is -0.920. The van der Waals surface area contributed by atoms with Crippen LogP contribution in [0.15, 0.2) is 11.4 Å². The smallest absolute Gasteiger partial charge is 0.321 e. The van der Waals surface area contributed by atoms with E-state index in [4.69, 9.17) is 5.11 Å². The van der Waals surface area contributed by atoms with Gasteiger partial charge in [-0.15, -0.1) is 11.3 Å². The molecule has 1 aliphatic heterocycles. The van der Waals surface area contributed by atoms with E-state index in [-0.39, 0.29) is 11.5 Å². The minimum absolute atomic E-state index is 0.0296. The van der Waals surface area contributed by atoms with Gasteiger partial charge in [-0.05, 0) is 23.9 Å². The van der Waals surface area contributed by atoms with E-state index in [1.54, 1.807) is 0 Å². The van der Waals surface area contributed by atoms with Gasteiger partial charge in [-0.25, -0.2) is 8.42 Å². The highest BCUT2D eigenvalue weighted by atomic mass is 32.2. The molecule has 2 rings (SSSR count). The van der Waals surface area contributed by atoms with Crippen molar-refractivity contribution in [1.82, 2.24) is 5.32 Å². The summed E-state index contributed by atoms with van der Waals surface area (Å²) in [4.78, 5) is 11.8. The van der Waals surface area contributed by atoms with E-state index in [0.29, 0.717) is 0 Å². The highest BCUT2D eigenvalue weighted by Crippen LogP contribution is 2.28. The fourth-order valence-corrected chi connectivity index (χ4v) is 4.70. The quantitative estimate of drug-likeness (QED) is 0.824. The summed E-state index contributed by atoms with van der Waals surface area (Å²) in [6.07, 6.45) is 0. The first-order valence-corrected chi connectivity index (χ1v) is 7.82. The summed E-state index contributed by atoms with van der Waals surface area (Å²) in [5, 5.41) is 13.7. The number of rotatable bonds is 2. The van der Waals surface area contributed by atoms with Crippen molar-refractivity contribution in [2.45, 2.75) is 19.0 Å². The maximum Gasteiger partial charge on any atom is 0.321 e. The van der Waals surface area contributed by atoms with Gasteiger partial charge in [0.05, 0.1) is 17.5 Å². The molecule has 2 unspecified atom stereocenters. The number of thiophene rings is 1. The first-order chi connectivity index (χ1) is 7.89. The maximum absolute atomic E-state index is 11.7. The van der Waals surface area contributed by atoms with Gasteiger partial charge in [0.25, 0.3) is 0 Å². The van der Waals surface area contributed by atoms with Gasteiger partial charge in [0.1, 0.15) is 6.04 Å². The molecule has 1 aliphatic rings. The minimum atomic E-state index is -3.31. The first-order valence-electron chi connectivity index (χ1n) is 5.12. The van der Waals surface area contributed by atoms with Crippen LogP contribution in [-0.2, 0) is 14.6 Å². The normalized spacial score (nSPS) is 27.8. The summed E-state index contributed by atoms with van der Waals surface area (Å²) in [5.41, 5.74) is 0.994. The Balaban J connectivity index is 2.30. The molecule has 0 amide bonds. The van der Waals surface area contributed by atoms with Crippen LogP contribution in [0.3, 0.4) is 0 Å². The molecule has 2 atom stereocenters. The molecule has 1 aromatic heterocycles. The number of sulfone groups is 1. The number of hydrogen-bond acceptors (Lipinski definition) is 5. The molecule has 5 nitrogen and oxygen atoms in total. The lowest BCUT2D eigenvalue weighted by Gasteiger charge is -2.28. The fourth-order valence-electron chi connectivity index (χ4n) is 1.95. The van der Waals surface area contributed by atoms with Gasteiger partial charge in [0.15, 0.2) is 9.84 Å². The second-order valence-corrected chi connectivity index (χ2v) is 7.26. The highest BCUT2D eigenvalue weighted by Gasteiger charge is 2.36. The average molecular weight is 275 g/mol. The fraction of sp³-hybridized carbons (Fsp3) is 0.500. The zero-order valence-electron chi connectivity index (χ0n) is 9.21. The molecule has 2 heterocycles. The van der Waals surface area contributed by atoms with Crippen LogP contribution in [-0.4, -0.2) is 37.0 Å². The highest BCUT2D eigenvalue weighted by molar-refractivity contribution is 7.91. The summed E-state index contributed by atoms with van der Waals surface area (Å²) < 4.78 is 23.4. The number of hydrogen-bond donors (Lipinski definition) is 2. The van der Waals surface area contributed by atoms with Crippen molar-refractivity contribution in [2.24, 2.45) is 0 Å². The average Bonchev–Trinajstić information content (AvgIpc) is 2.61. The van der Waals surface area contributed by atoms with E-state index in [9.17, 15) is 13.2 Å². The van der Waals surface area contributed by atoms with E-state index < -0.39 is 27.9 Å². The summed E-state index contributed by atoms with van der Waals surface area (Å²) in [7, 11) is -3.31. The van der Waals surface area contributed by atoms with E-state index in [0.717, 1.165) is 10.4 Å². The Morgan fingerprint density at radius 3 is 2.76 bits per heavy atom. The Labute approximate surface area is 103 Å². The lowest BCUT2D eigenvalue weighted by molar-refractivity contribution is -0.139. The Morgan fingerprint density at radius 1 is 1.53 bits per heavy atom. The van der Waals surface area contributed by atoms with Crippen molar-refractivity contribution in [3.8, 4) is 0 Å². The molecular weight excluding hydrogens is 262 g/mol. The molecule has 0 aromatic carbocycles. The molecule has 0 aliphatic carbocycles. The summed E-state index contributed by atoms with van der Waals surface area (Å²) >= 11 is 1.45. The molecule has 0 radical (unpaired) electrons. The van der Waals surface area contributed by atoms with Crippen molar-refractivity contribution in [3.05, 3.63) is 21.9 Å². The largest absolute Gasteiger partial charge is 0.480 e. The van der Waals surface area contributed by atoms with Gasteiger partial charge in [-0.1, -0.05) is 0 Å². The third-order valence-electron chi connectivity index (χ3n) is 2.76. The maximum atomic E-state index is 11.7. The monoisotopic (exact) mass is 275 g/mol. The number of aliphatic carboxylic acids is 1. The third kappa shape index (κ3) is 2.67. The van der Waals surface area contributed by atoms with Crippen LogP contribution < -0.4 is 5.32 Å². The van der Waals surface area contributed by atoms with E-state index in [1.807, 2.05) is 18.4 Å². The van der Waals surface area contributed by atoms with Crippen molar-refractivity contribution < 1.29 is 18.3 Å². The summed E-state index contributed by atoms with van der Waals surface area (Å²) in [5.74, 6) is -1.48. The molecular formula is C10H13NO4S2. The predicted octanol–water partition coefficient (Wildman–Crippen LogP) is 0.569. The van der Waals surface area contributed by atoms with Crippen LogP contribution >= 0.6 is 11.3 Å². The Morgan fingerprint density at radius 2 is 2.24 bits per heavy atom. The number of nitrogens with one attached hydrogen (secondary N) is 1. The van der Waals surface area contributed by atoms with Crippen LogP contribution in [0.25, 0.3) is 0 Å². The molecule has 17 heavy (non-hydrogen) atoms. The Kier molecular flexibility index (Phi) is 3.24. The molecule has 1 saturated heterocycles. The standard InChI is InChI=1S/C10H13NO4S2/c1-6-2-3-16-9(6)7-4-17(14,15)5-8(11-7)10(12)13/h2-3,7-8,11H,4-5H2,1H3,(H,12,13). The van der Waals surface area contributed by atoms with Gasteiger partial charge in [0, 0.05) is 4.88 Å². The number of aryl methyl sites for hydroxylation is 1. The van der Waals surface area contributed by atoms with Crippen molar-refractivity contribution in [3.63, 3.8) is 0 Å². The van der Waals surface area contributed by atoms with Gasteiger partial charge < -0.3 is 5.11 Å². The van der Waals surface area contributed by atoms with Crippen LogP contribution in [0.1, 0.15) is 16.5 Å². The van der Waals surface area contributed by atoms with Crippen LogP contribution in [0.2, 0.25) is 0 Å². The van der Waals surface area contributed by atoms with E-state index in [2.05, 4.69) is 5.32 Å². The number of carboxylic acids is 1. The van der Waals surface area contributed by atoms with Gasteiger partial charge in [-0.3, -0.25) is 10.1 Å². The van der Waals surface area contributed by atoms with Gasteiger partial charge in [0.2, 0.25) is 0 Å². The lowest BCUT2D eigenvalue weighted by atomic mass is 10.1. The van der Waals surface area contributed by atoms with Crippen molar-refractivity contribution >= 4 is 27.1 Å². The lowest BCUT2D eigenvalue weighted by Crippen LogP contribution is -2.51. The Bertz CT molecular complexity index is 534. The van der Waals surface area contributed by atoms with Crippen molar-refractivity contribution in [1.29, 1.82) is 0 Å². The zero-order chi connectivity index (χ0) is 12.6. The van der Waals surface area contributed by atoms with Crippen LogP contribution in [0, 0.1) is 6.92 Å². The molecule has 2 N–H and O–H groups in total. The molecule has 1 fully saturated rings. The summed E-state index contributed by atoms with van der Waals surface area (Å²) in [6, 6.07) is 0.480. The molecule has 0 bridgehead atoms. The SMILES string of the molecule is Cc1ccsc1C1CS(=O)(=O)CC(C(=O)O)N1. The van der Waals surface area contributed by atoms with Crippen LogP contribution in [0.4, 0.5) is 0 Å². The van der Waals surface area contributed by atoms with E-state index in [1.165, 1.54) is 11.3 Å². The second kappa shape index (κ2) is 4.40.